The Morgan fingerprint density at radius 3 is 2.50 bits per heavy atom. The van der Waals surface area contributed by atoms with E-state index in [0.29, 0.717) is 11.3 Å². The maximum absolute atomic E-state index is 9.25. The Hall–Kier alpha value is -1.79. The number of alkyl halides is 1. The summed E-state index contributed by atoms with van der Waals surface area (Å²) in [5.74, 6) is 1.41. The number of ether oxygens (including phenoxy) is 1. The van der Waals surface area contributed by atoms with Gasteiger partial charge in [-0.3, -0.25) is 0 Å². The number of aryl methyl sites for hydroxylation is 2. The SMILES string of the molecule is Cc1cc(C)c(C)c(Oc2ccc(CBr)cc2C#N)c1. The molecule has 0 fully saturated rings. The van der Waals surface area contributed by atoms with Crippen LogP contribution in [0, 0.1) is 32.1 Å². The average molecular weight is 330 g/mol. The molecule has 2 nitrogen and oxygen atoms in total. The van der Waals surface area contributed by atoms with Crippen LogP contribution < -0.4 is 4.74 Å². The molecule has 0 aliphatic heterocycles. The summed E-state index contributed by atoms with van der Waals surface area (Å²) in [5, 5.41) is 9.98. The van der Waals surface area contributed by atoms with Gasteiger partial charge in [0.15, 0.2) is 0 Å². The molecule has 0 aliphatic carbocycles. The first-order valence-corrected chi connectivity index (χ1v) is 7.52. The molecule has 3 heteroatoms. The molecular weight excluding hydrogens is 314 g/mol. The molecule has 0 N–H and O–H groups in total. The molecule has 0 saturated carbocycles. The molecule has 0 aromatic heterocycles. The minimum Gasteiger partial charge on any atom is -0.456 e. The van der Waals surface area contributed by atoms with Gasteiger partial charge >= 0.3 is 0 Å². The monoisotopic (exact) mass is 329 g/mol. The van der Waals surface area contributed by atoms with Crippen molar-refractivity contribution in [1.82, 2.24) is 0 Å². The highest BCUT2D eigenvalue weighted by atomic mass is 79.9. The largest absolute Gasteiger partial charge is 0.456 e. The molecule has 0 aliphatic rings. The van der Waals surface area contributed by atoms with Gasteiger partial charge in [-0.15, -0.1) is 0 Å². The third kappa shape index (κ3) is 3.02. The Kier molecular flexibility index (Phi) is 4.46. The highest BCUT2D eigenvalue weighted by Crippen LogP contribution is 2.31. The molecular formula is C17H16BrNO. The minimum absolute atomic E-state index is 0.556. The first kappa shape index (κ1) is 14.6. The van der Waals surface area contributed by atoms with Gasteiger partial charge in [0, 0.05) is 5.33 Å². The van der Waals surface area contributed by atoms with Crippen LogP contribution in [-0.4, -0.2) is 0 Å². The fourth-order valence-electron chi connectivity index (χ4n) is 2.06. The third-order valence-corrected chi connectivity index (χ3v) is 3.95. The summed E-state index contributed by atoms with van der Waals surface area (Å²) in [4.78, 5) is 0. The summed E-state index contributed by atoms with van der Waals surface area (Å²) >= 11 is 3.39. The molecule has 0 atom stereocenters. The van der Waals surface area contributed by atoms with Crippen molar-refractivity contribution in [3.8, 4) is 17.6 Å². The van der Waals surface area contributed by atoms with Crippen molar-refractivity contribution in [2.45, 2.75) is 26.1 Å². The number of rotatable bonds is 3. The van der Waals surface area contributed by atoms with Crippen LogP contribution in [0.2, 0.25) is 0 Å². The number of hydrogen-bond donors (Lipinski definition) is 0. The number of nitriles is 1. The molecule has 0 heterocycles. The number of benzene rings is 2. The summed E-state index contributed by atoms with van der Waals surface area (Å²) < 4.78 is 5.95. The summed E-state index contributed by atoms with van der Waals surface area (Å²) in [6.07, 6.45) is 0. The van der Waals surface area contributed by atoms with E-state index >= 15 is 0 Å². The van der Waals surface area contributed by atoms with Crippen molar-refractivity contribution in [3.05, 3.63) is 58.1 Å². The second-order valence-electron chi connectivity index (χ2n) is 4.88. The maximum atomic E-state index is 9.25. The van der Waals surface area contributed by atoms with E-state index in [1.807, 2.05) is 38.1 Å². The van der Waals surface area contributed by atoms with Gasteiger partial charge < -0.3 is 4.74 Å². The third-order valence-electron chi connectivity index (χ3n) is 3.30. The standard InChI is InChI=1S/C17H16BrNO/c1-11-6-12(2)13(3)17(7-11)20-16-5-4-14(9-18)8-15(16)10-19/h4-8H,9H2,1-3H3. The molecule has 0 unspecified atom stereocenters. The first-order valence-electron chi connectivity index (χ1n) is 6.40. The van der Waals surface area contributed by atoms with Gasteiger partial charge in [0.2, 0.25) is 0 Å². The molecule has 0 radical (unpaired) electrons. The highest BCUT2D eigenvalue weighted by Gasteiger charge is 2.09. The van der Waals surface area contributed by atoms with E-state index in [-0.39, 0.29) is 0 Å². The smallest absolute Gasteiger partial charge is 0.145 e. The van der Waals surface area contributed by atoms with Gasteiger partial charge in [0.25, 0.3) is 0 Å². The van der Waals surface area contributed by atoms with Gasteiger partial charge in [-0.2, -0.15) is 5.26 Å². The predicted molar refractivity (Wildman–Crippen MR) is 84.5 cm³/mol. The Bertz CT molecular complexity index is 686. The van der Waals surface area contributed by atoms with Crippen LogP contribution in [0.1, 0.15) is 27.8 Å². The summed E-state index contributed by atoms with van der Waals surface area (Å²) in [6, 6.07) is 12.0. The van der Waals surface area contributed by atoms with E-state index in [0.717, 1.165) is 27.8 Å². The van der Waals surface area contributed by atoms with Gasteiger partial charge in [-0.05, 0) is 61.2 Å². The van der Waals surface area contributed by atoms with Gasteiger partial charge in [-0.25, -0.2) is 0 Å². The summed E-state index contributed by atoms with van der Waals surface area (Å²) in [5.41, 5.74) is 5.06. The van der Waals surface area contributed by atoms with Crippen molar-refractivity contribution in [2.24, 2.45) is 0 Å². The lowest BCUT2D eigenvalue weighted by Gasteiger charge is -2.13. The number of hydrogen-bond acceptors (Lipinski definition) is 2. The Morgan fingerprint density at radius 1 is 1.10 bits per heavy atom. The molecule has 2 aromatic carbocycles. The van der Waals surface area contributed by atoms with E-state index in [1.54, 1.807) is 0 Å². The average Bonchev–Trinajstić information content (AvgIpc) is 2.44. The molecule has 20 heavy (non-hydrogen) atoms. The minimum atomic E-state index is 0.556. The van der Waals surface area contributed by atoms with Crippen molar-refractivity contribution in [3.63, 3.8) is 0 Å². The van der Waals surface area contributed by atoms with Gasteiger partial charge in [-0.1, -0.05) is 28.1 Å². The zero-order valence-electron chi connectivity index (χ0n) is 11.8. The number of halogens is 1. The van der Waals surface area contributed by atoms with Crippen LogP contribution in [0.4, 0.5) is 0 Å². The molecule has 0 saturated heterocycles. The lowest BCUT2D eigenvalue weighted by molar-refractivity contribution is 0.476. The van der Waals surface area contributed by atoms with E-state index in [9.17, 15) is 5.26 Å². The van der Waals surface area contributed by atoms with Crippen molar-refractivity contribution < 1.29 is 4.74 Å². The van der Waals surface area contributed by atoms with Crippen LogP contribution >= 0.6 is 15.9 Å². The zero-order chi connectivity index (χ0) is 14.7. The van der Waals surface area contributed by atoms with Crippen LogP contribution in [0.15, 0.2) is 30.3 Å². The van der Waals surface area contributed by atoms with Crippen LogP contribution in [0.5, 0.6) is 11.5 Å². The Morgan fingerprint density at radius 2 is 1.85 bits per heavy atom. The topological polar surface area (TPSA) is 33.0 Å². The predicted octanol–water partition coefficient (Wildman–Crippen LogP) is 5.17. The van der Waals surface area contributed by atoms with Gasteiger partial charge in [0.1, 0.15) is 17.6 Å². The molecule has 0 spiro atoms. The number of nitrogens with zero attached hydrogens (tertiary/aromatic N) is 1. The lowest BCUT2D eigenvalue weighted by atomic mass is 10.1. The quantitative estimate of drug-likeness (QED) is 0.727. The Balaban J connectivity index is 2.43. The van der Waals surface area contributed by atoms with Crippen LogP contribution in [0.25, 0.3) is 0 Å². The highest BCUT2D eigenvalue weighted by molar-refractivity contribution is 9.08. The van der Waals surface area contributed by atoms with Crippen molar-refractivity contribution in [1.29, 1.82) is 5.26 Å². The second kappa shape index (κ2) is 6.11. The van der Waals surface area contributed by atoms with E-state index in [4.69, 9.17) is 4.74 Å². The van der Waals surface area contributed by atoms with E-state index in [2.05, 4.69) is 35.0 Å². The second-order valence-corrected chi connectivity index (χ2v) is 5.44. The normalized spacial score (nSPS) is 10.2. The molecule has 102 valence electrons. The first-order chi connectivity index (χ1) is 9.55. The van der Waals surface area contributed by atoms with E-state index in [1.165, 1.54) is 5.56 Å². The fraction of sp³-hybridized carbons (Fsp3) is 0.235. The zero-order valence-corrected chi connectivity index (χ0v) is 13.4. The van der Waals surface area contributed by atoms with Gasteiger partial charge in [0.05, 0.1) is 5.56 Å². The molecule has 2 aromatic rings. The van der Waals surface area contributed by atoms with Crippen molar-refractivity contribution >= 4 is 15.9 Å². The Labute approximate surface area is 128 Å². The molecule has 0 bridgehead atoms. The molecule has 0 amide bonds. The fourth-order valence-corrected chi connectivity index (χ4v) is 2.41. The van der Waals surface area contributed by atoms with E-state index < -0.39 is 0 Å². The summed E-state index contributed by atoms with van der Waals surface area (Å²) in [7, 11) is 0. The molecule has 2 rings (SSSR count). The lowest BCUT2D eigenvalue weighted by Crippen LogP contribution is -1.94. The van der Waals surface area contributed by atoms with Crippen LogP contribution in [0.3, 0.4) is 0 Å². The van der Waals surface area contributed by atoms with Crippen LogP contribution in [-0.2, 0) is 5.33 Å². The maximum Gasteiger partial charge on any atom is 0.145 e. The summed E-state index contributed by atoms with van der Waals surface area (Å²) in [6.45, 7) is 6.13. The van der Waals surface area contributed by atoms with Crippen molar-refractivity contribution in [2.75, 3.05) is 0 Å².